The van der Waals surface area contributed by atoms with Gasteiger partial charge < -0.3 is 9.52 Å². The Balaban J connectivity index is 2.09. The highest BCUT2D eigenvalue weighted by molar-refractivity contribution is 9.10. The third-order valence-electron chi connectivity index (χ3n) is 2.60. The van der Waals surface area contributed by atoms with E-state index in [-0.39, 0.29) is 23.8 Å². The van der Waals surface area contributed by atoms with Crippen molar-refractivity contribution in [1.82, 2.24) is 0 Å². The fraction of sp³-hybridized carbons (Fsp3) is 0.143. The van der Waals surface area contributed by atoms with Gasteiger partial charge in [0.15, 0.2) is 5.76 Å². The lowest BCUT2D eigenvalue weighted by Crippen LogP contribution is -2.02. The number of phenols is 1. The quantitative estimate of drug-likeness (QED) is 0.620. The van der Waals surface area contributed by atoms with Crippen molar-refractivity contribution in [3.8, 4) is 5.75 Å². The van der Waals surface area contributed by atoms with Crippen LogP contribution in [0.3, 0.4) is 0 Å². The molecule has 0 radical (unpaired) electrons. The Morgan fingerprint density at radius 1 is 1.35 bits per heavy atom. The third-order valence-corrected chi connectivity index (χ3v) is 3.48. The van der Waals surface area contributed by atoms with Crippen LogP contribution in [0.5, 0.6) is 5.75 Å². The highest BCUT2D eigenvalue weighted by atomic mass is 79.9. The second-order valence-electron chi connectivity index (χ2n) is 4.18. The van der Waals surface area contributed by atoms with Gasteiger partial charge in [-0.25, -0.2) is 0 Å². The van der Waals surface area contributed by atoms with Gasteiger partial charge in [0.25, 0.3) is 0 Å². The predicted octanol–water partition coefficient (Wildman–Crippen LogP) is 4.12. The fourth-order valence-electron chi connectivity index (χ4n) is 1.62. The predicted molar refractivity (Wildman–Crippen MR) is 83.7 cm³/mol. The molecule has 2 rings (SSSR count). The lowest BCUT2D eigenvalue weighted by Gasteiger charge is -2.03. The summed E-state index contributed by atoms with van der Waals surface area (Å²) in [4.78, 5) is 15.8. The van der Waals surface area contributed by atoms with Crippen molar-refractivity contribution in [2.45, 2.75) is 6.92 Å². The lowest BCUT2D eigenvalue weighted by molar-refractivity contribution is 0.0976. The number of ketones is 1. The second-order valence-corrected chi connectivity index (χ2v) is 6.01. The number of carbonyl (C=O) groups excluding carboxylic acids is 1. The smallest absolute Gasteiger partial charge is 0.219 e. The molecular formula is C14H11Br2NO3. The van der Waals surface area contributed by atoms with Crippen molar-refractivity contribution in [3.63, 3.8) is 0 Å². The second kappa shape index (κ2) is 6.37. The zero-order valence-electron chi connectivity index (χ0n) is 10.6. The number of Topliss-reactive ketones (excluding diaryl/α,β-unsaturated/α-hetero) is 1. The maximum atomic E-state index is 11.8. The van der Waals surface area contributed by atoms with E-state index in [0.717, 1.165) is 10.0 Å². The van der Waals surface area contributed by atoms with Crippen LogP contribution in [0.1, 0.15) is 21.7 Å². The van der Waals surface area contributed by atoms with Crippen LogP contribution in [-0.2, 0) is 0 Å². The number of benzene rings is 1. The molecular weight excluding hydrogens is 390 g/mol. The number of aliphatic imine (C=N–C) groups is 1. The molecule has 0 aliphatic heterocycles. The SMILES string of the molecule is Cc1cc(Br)cc(C=NCC(=O)c2cc(Br)co2)c1O. The van der Waals surface area contributed by atoms with Crippen molar-refractivity contribution in [3.05, 3.63) is 50.3 Å². The molecule has 0 saturated heterocycles. The number of carbonyl (C=O) groups is 1. The van der Waals surface area contributed by atoms with E-state index in [9.17, 15) is 9.90 Å². The van der Waals surface area contributed by atoms with Crippen LogP contribution in [0.4, 0.5) is 0 Å². The lowest BCUT2D eigenvalue weighted by atomic mass is 10.1. The van der Waals surface area contributed by atoms with E-state index >= 15 is 0 Å². The van der Waals surface area contributed by atoms with E-state index in [2.05, 4.69) is 36.9 Å². The monoisotopic (exact) mass is 399 g/mol. The van der Waals surface area contributed by atoms with Gasteiger partial charge in [0, 0.05) is 22.3 Å². The zero-order chi connectivity index (χ0) is 14.7. The third kappa shape index (κ3) is 3.58. The molecule has 6 heteroatoms. The van der Waals surface area contributed by atoms with Crippen LogP contribution in [-0.4, -0.2) is 23.6 Å². The van der Waals surface area contributed by atoms with E-state index in [1.165, 1.54) is 12.5 Å². The summed E-state index contributed by atoms with van der Waals surface area (Å²) < 4.78 is 6.62. The number of aromatic hydroxyl groups is 1. The Morgan fingerprint density at radius 2 is 2.10 bits per heavy atom. The molecule has 0 amide bonds. The summed E-state index contributed by atoms with van der Waals surface area (Å²) in [6, 6.07) is 5.14. The maximum Gasteiger partial charge on any atom is 0.219 e. The molecule has 4 nitrogen and oxygen atoms in total. The van der Waals surface area contributed by atoms with Gasteiger partial charge in [-0.05, 0) is 40.5 Å². The Labute approximate surface area is 132 Å². The zero-order valence-corrected chi connectivity index (χ0v) is 13.7. The van der Waals surface area contributed by atoms with Gasteiger partial charge in [-0.3, -0.25) is 9.79 Å². The molecule has 0 aliphatic carbocycles. The van der Waals surface area contributed by atoms with Gasteiger partial charge in [-0.15, -0.1) is 0 Å². The normalized spacial score (nSPS) is 11.2. The molecule has 2 aromatic rings. The first-order chi connectivity index (χ1) is 9.47. The largest absolute Gasteiger partial charge is 0.507 e. The Morgan fingerprint density at radius 3 is 2.75 bits per heavy atom. The minimum absolute atomic E-state index is 0.0368. The van der Waals surface area contributed by atoms with E-state index in [0.29, 0.717) is 10.0 Å². The van der Waals surface area contributed by atoms with E-state index in [1.54, 1.807) is 25.1 Å². The van der Waals surface area contributed by atoms with Crippen molar-refractivity contribution < 1.29 is 14.3 Å². The van der Waals surface area contributed by atoms with Crippen molar-refractivity contribution in [2.75, 3.05) is 6.54 Å². The Hall–Kier alpha value is -1.40. The molecule has 1 aromatic heterocycles. The molecule has 0 atom stereocenters. The summed E-state index contributed by atoms with van der Waals surface area (Å²) in [5.74, 6) is 0.187. The maximum absolute atomic E-state index is 11.8. The van der Waals surface area contributed by atoms with E-state index in [4.69, 9.17) is 4.42 Å². The molecule has 1 heterocycles. The van der Waals surface area contributed by atoms with Crippen LogP contribution in [0, 0.1) is 6.92 Å². The summed E-state index contributed by atoms with van der Waals surface area (Å²) >= 11 is 6.56. The topological polar surface area (TPSA) is 62.8 Å². The average molecular weight is 401 g/mol. The fourth-order valence-corrected chi connectivity index (χ4v) is 2.52. The highest BCUT2D eigenvalue weighted by Crippen LogP contribution is 2.25. The summed E-state index contributed by atoms with van der Waals surface area (Å²) in [6.45, 7) is 1.76. The molecule has 0 unspecified atom stereocenters. The van der Waals surface area contributed by atoms with Crippen molar-refractivity contribution >= 4 is 43.9 Å². The first-order valence-corrected chi connectivity index (χ1v) is 7.32. The van der Waals surface area contributed by atoms with Crippen LogP contribution < -0.4 is 0 Å². The minimum atomic E-state index is -0.224. The van der Waals surface area contributed by atoms with Gasteiger partial charge in [-0.1, -0.05) is 15.9 Å². The van der Waals surface area contributed by atoms with Gasteiger partial charge >= 0.3 is 0 Å². The molecule has 20 heavy (non-hydrogen) atoms. The molecule has 1 N–H and O–H groups in total. The molecule has 0 aliphatic rings. The van der Waals surface area contributed by atoms with Crippen LogP contribution in [0.2, 0.25) is 0 Å². The molecule has 0 bridgehead atoms. The van der Waals surface area contributed by atoms with E-state index in [1.807, 2.05) is 0 Å². The van der Waals surface area contributed by atoms with Crippen LogP contribution >= 0.6 is 31.9 Å². The van der Waals surface area contributed by atoms with Gasteiger partial charge in [0.1, 0.15) is 18.6 Å². The number of furan rings is 1. The number of rotatable bonds is 4. The van der Waals surface area contributed by atoms with Gasteiger partial charge in [0.2, 0.25) is 5.78 Å². The Bertz CT molecular complexity index is 677. The molecule has 0 fully saturated rings. The average Bonchev–Trinajstić information content (AvgIpc) is 2.81. The first-order valence-electron chi connectivity index (χ1n) is 5.73. The molecule has 0 saturated carbocycles. The van der Waals surface area contributed by atoms with Crippen LogP contribution in [0.15, 0.2) is 42.8 Å². The summed E-state index contributed by atoms with van der Waals surface area (Å²) in [7, 11) is 0. The molecule has 1 aromatic carbocycles. The van der Waals surface area contributed by atoms with Gasteiger partial charge in [-0.2, -0.15) is 0 Å². The minimum Gasteiger partial charge on any atom is -0.507 e. The standard InChI is InChI=1S/C14H11Br2NO3/c1-8-2-10(15)3-9(14(8)19)5-17-6-12(18)13-4-11(16)7-20-13/h2-5,7,19H,6H2,1H3. The summed E-state index contributed by atoms with van der Waals surface area (Å²) in [6.07, 6.45) is 2.92. The number of phenolic OH excluding ortho intramolecular Hbond substituents is 1. The number of aryl methyl sites for hydroxylation is 1. The number of hydrogen-bond acceptors (Lipinski definition) is 4. The highest BCUT2D eigenvalue weighted by Gasteiger charge is 2.09. The molecule has 0 spiro atoms. The number of halogens is 2. The van der Waals surface area contributed by atoms with Gasteiger partial charge in [0.05, 0.1) is 4.47 Å². The van der Waals surface area contributed by atoms with E-state index < -0.39 is 0 Å². The summed E-state index contributed by atoms with van der Waals surface area (Å²) in [5, 5.41) is 9.89. The van der Waals surface area contributed by atoms with Crippen molar-refractivity contribution in [2.24, 2.45) is 4.99 Å². The Kier molecular flexibility index (Phi) is 4.77. The first kappa shape index (κ1) is 15.0. The number of nitrogens with zero attached hydrogens (tertiary/aromatic N) is 1. The number of hydrogen-bond donors (Lipinski definition) is 1. The van der Waals surface area contributed by atoms with Crippen LogP contribution in [0.25, 0.3) is 0 Å². The van der Waals surface area contributed by atoms with Crippen molar-refractivity contribution in [1.29, 1.82) is 0 Å². The summed E-state index contributed by atoms with van der Waals surface area (Å²) in [5.41, 5.74) is 1.30. The molecule has 104 valence electrons.